The van der Waals surface area contributed by atoms with Gasteiger partial charge in [0.05, 0.1) is 5.56 Å². The van der Waals surface area contributed by atoms with E-state index in [1.807, 2.05) is 12.1 Å². The highest BCUT2D eigenvalue weighted by atomic mass is 19.1. The molecular weight excluding hydrogens is 215 g/mol. The highest BCUT2D eigenvalue weighted by Gasteiger charge is 2.23. The lowest BCUT2D eigenvalue weighted by molar-refractivity contribution is 0.390. The molecule has 1 heterocycles. The van der Waals surface area contributed by atoms with Crippen LogP contribution in [0.4, 0.5) is 10.1 Å². The van der Waals surface area contributed by atoms with Crippen LogP contribution in [0.25, 0.3) is 0 Å². The molecule has 0 spiro atoms. The minimum Gasteiger partial charge on any atom is -0.368 e. The van der Waals surface area contributed by atoms with Crippen LogP contribution in [0.3, 0.4) is 0 Å². The van der Waals surface area contributed by atoms with Crippen molar-refractivity contribution in [3.8, 4) is 6.07 Å². The van der Waals surface area contributed by atoms with Crippen LogP contribution in [0, 0.1) is 23.1 Å². The molecule has 0 radical (unpaired) electrons. The van der Waals surface area contributed by atoms with Gasteiger partial charge in [0.1, 0.15) is 11.9 Å². The zero-order valence-corrected chi connectivity index (χ0v) is 10.3. The van der Waals surface area contributed by atoms with Gasteiger partial charge in [0, 0.05) is 18.3 Å². The van der Waals surface area contributed by atoms with Crippen molar-refractivity contribution in [3.05, 3.63) is 29.6 Å². The van der Waals surface area contributed by atoms with Crippen LogP contribution in [0.15, 0.2) is 18.2 Å². The SMILES string of the molecule is CC1CCC(C)N(c2ccc(C#N)c(F)c2)C1. The molecule has 0 aromatic heterocycles. The van der Waals surface area contributed by atoms with Crippen molar-refractivity contribution in [3.63, 3.8) is 0 Å². The van der Waals surface area contributed by atoms with Crippen molar-refractivity contribution in [2.24, 2.45) is 5.92 Å². The quantitative estimate of drug-likeness (QED) is 0.742. The third-order valence-electron chi connectivity index (χ3n) is 3.52. The second kappa shape index (κ2) is 4.75. The summed E-state index contributed by atoms with van der Waals surface area (Å²) in [4.78, 5) is 2.23. The summed E-state index contributed by atoms with van der Waals surface area (Å²) < 4.78 is 13.6. The molecule has 1 aliphatic rings. The van der Waals surface area contributed by atoms with Gasteiger partial charge in [-0.2, -0.15) is 5.26 Å². The minimum absolute atomic E-state index is 0.117. The van der Waals surface area contributed by atoms with E-state index in [4.69, 9.17) is 5.26 Å². The average Bonchev–Trinajstić information content (AvgIpc) is 2.32. The van der Waals surface area contributed by atoms with Crippen molar-refractivity contribution in [2.45, 2.75) is 32.7 Å². The summed E-state index contributed by atoms with van der Waals surface area (Å²) in [5.74, 6) is 0.223. The number of nitrogens with zero attached hydrogens (tertiary/aromatic N) is 2. The Labute approximate surface area is 102 Å². The first-order valence-electron chi connectivity index (χ1n) is 6.08. The molecule has 17 heavy (non-hydrogen) atoms. The second-order valence-electron chi connectivity index (χ2n) is 4.96. The van der Waals surface area contributed by atoms with Crippen LogP contribution in [-0.2, 0) is 0 Å². The van der Waals surface area contributed by atoms with E-state index in [9.17, 15) is 4.39 Å². The van der Waals surface area contributed by atoms with Gasteiger partial charge in [-0.05, 0) is 43.9 Å². The van der Waals surface area contributed by atoms with E-state index in [0.29, 0.717) is 12.0 Å². The number of hydrogen-bond acceptors (Lipinski definition) is 2. The molecule has 2 rings (SSSR count). The number of piperidine rings is 1. The second-order valence-corrected chi connectivity index (χ2v) is 4.96. The lowest BCUT2D eigenvalue weighted by atomic mass is 9.94. The predicted octanol–water partition coefficient (Wildman–Crippen LogP) is 3.32. The number of benzene rings is 1. The Morgan fingerprint density at radius 3 is 2.76 bits per heavy atom. The molecule has 1 aromatic rings. The van der Waals surface area contributed by atoms with E-state index in [2.05, 4.69) is 18.7 Å². The van der Waals surface area contributed by atoms with Crippen molar-refractivity contribution >= 4 is 5.69 Å². The Morgan fingerprint density at radius 1 is 1.35 bits per heavy atom. The Morgan fingerprint density at radius 2 is 2.12 bits per heavy atom. The number of anilines is 1. The van der Waals surface area contributed by atoms with Gasteiger partial charge in [-0.3, -0.25) is 0 Å². The fourth-order valence-electron chi connectivity index (χ4n) is 2.42. The predicted molar refractivity (Wildman–Crippen MR) is 66.3 cm³/mol. The average molecular weight is 232 g/mol. The normalized spacial score (nSPS) is 24.5. The molecule has 90 valence electrons. The molecule has 2 atom stereocenters. The molecule has 1 aliphatic heterocycles. The van der Waals surface area contributed by atoms with E-state index < -0.39 is 5.82 Å². The van der Waals surface area contributed by atoms with Crippen LogP contribution in [-0.4, -0.2) is 12.6 Å². The highest BCUT2D eigenvalue weighted by Crippen LogP contribution is 2.28. The largest absolute Gasteiger partial charge is 0.368 e. The summed E-state index contributed by atoms with van der Waals surface area (Å²) in [6.45, 7) is 5.35. The standard InChI is InChI=1S/C14H17FN2/c1-10-3-4-11(2)17(9-10)13-6-5-12(8-16)14(15)7-13/h5-7,10-11H,3-4,9H2,1-2H3. The van der Waals surface area contributed by atoms with Gasteiger partial charge in [-0.1, -0.05) is 6.92 Å². The first-order chi connectivity index (χ1) is 8.11. The smallest absolute Gasteiger partial charge is 0.143 e. The van der Waals surface area contributed by atoms with Gasteiger partial charge < -0.3 is 4.90 Å². The third kappa shape index (κ3) is 2.41. The highest BCUT2D eigenvalue weighted by molar-refractivity contribution is 5.51. The van der Waals surface area contributed by atoms with Crippen molar-refractivity contribution in [1.82, 2.24) is 0 Å². The van der Waals surface area contributed by atoms with Gasteiger partial charge in [0.25, 0.3) is 0 Å². The van der Waals surface area contributed by atoms with Crippen molar-refractivity contribution in [2.75, 3.05) is 11.4 Å². The molecule has 1 fully saturated rings. The third-order valence-corrected chi connectivity index (χ3v) is 3.52. The monoisotopic (exact) mass is 232 g/mol. The minimum atomic E-state index is -0.421. The zero-order valence-electron chi connectivity index (χ0n) is 10.3. The Hall–Kier alpha value is -1.56. The van der Waals surface area contributed by atoms with Gasteiger partial charge in [0.15, 0.2) is 0 Å². The van der Waals surface area contributed by atoms with Crippen LogP contribution >= 0.6 is 0 Å². The molecule has 2 nitrogen and oxygen atoms in total. The maximum Gasteiger partial charge on any atom is 0.143 e. The van der Waals surface area contributed by atoms with Gasteiger partial charge in [-0.15, -0.1) is 0 Å². The molecule has 2 unspecified atom stereocenters. The molecule has 0 amide bonds. The first-order valence-corrected chi connectivity index (χ1v) is 6.08. The molecule has 3 heteroatoms. The summed E-state index contributed by atoms with van der Waals surface area (Å²) in [7, 11) is 0. The van der Waals surface area contributed by atoms with Crippen LogP contribution in [0.1, 0.15) is 32.3 Å². The number of halogens is 1. The van der Waals surface area contributed by atoms with Crippen LogP contribution < -0.4 is 4.90 Å². The summed E-state index contributed by atoms with van der Waals surface area (Å²) in [6.07, 6.45) is 2.37. The fourth-order valence-corrected chi connectivity index (χ4v) is 2.42. The number of rotatable bonds is 1. The van der Waals surface area contributed by atoms with Gasteiger partial charge in [0.2, 0.25) is 0 Å². The summed E-state index contributed by atoms with van der Waals surface area (Å²) in [5.41, 5.74) is 1.01. The van der Waals surface area contributed by atoms with E-state index in [0.717, 1.165) is 18.7 Å². The van der Waals surface area contributed by atoms with E-state index in [-0.39, 0.29) is 5.56 Å². The topological polar surface area (TPSA) is 27.0 Å². The van der Waals surface area contributed by atoms with E-state index in [1.165, 1.54) is 12.5 Å². The zero-order chi connectivity index (χ0) is 12.4. The number of hydrogen-bond donors (Lipinski definition) is 0. The molecule has 0 N–H and O–H groups in total. The van der Waals surface area contributed by atoms with Crippen molar-refractivity contribution < 1.29 is 4.39 Å². The molecule has 1 aromatic carbocycles. The van der Waals surface area contributed by atoms with Crippen LogP contribution in [0.5, 0.6) is 0 Å². The number of nitriles is 1. The molecule has 0 bridgehead atoms. The van der Waals surface area contributed by atoms with Crippen molar-refractivity contribution in [1.29, 1.82) is 5.26 Å². The molecular formula is C14H17FN2. The Balaban J connectivity index is 2.27. The van der Waals surface area contributed by atoms with Gasteiger partial charge in [-0.25, -0.2) is 4.39 Å². The summed E-state index contributed by atoms with van der Waals surface area (Å²) >= 11 is 0. The maximum atomic E-state index is 13.6. The summed E-state index contributed by atoms with van der Waals surface area (Å²) in [6, 6.07) is 7.18. The van der Waals surface area contributed by atoms with E-state index in [1.54, 1.807) is 6.07 Å². The maximum absolute atomic E-state index is 13.6. The first kappa shape index (κ1) is 11.9. The Bertz CT molecular complexity index is 450. The summed E-state index contributed by atoms with van der Waals surface area (Å²) in [5, 5.41) is 8.71. The lowest BCUT2D eigenvalue weighted by Crippen LogP contribution is -2.41. The molecule has 0 aliphatic carbocycles. The van der Waals surface area contributed by atoms with Crippen LogP contribution in [0.2, 0.25) is 0 Å². The Kier molecular flexibility index (Phi) is 3.33. The van der Waals surface area contributed by atoms with E-state index >= 15 is 0 Å². The fraction of sp³-hybridized carbons (Fsp3) is 0.500. The molecule has 0 saturated carbocycles. The van der Waals surface area contributed by atoms with Gasteiger partial charge >= 0.3 is 0 Å². The molecule has 1 saturated heterocycles. The lowest BCUT2D eigenvalue weighted by Gasteiger charge is -2.38.